The standard InChI is InChI=1S/C16H18ClFN4O2/c1-10-13(16(23)24)3-2-6-21(10)8-11-9-22(20-19-11)12-4-5-15(18)14(17)7-12/h4-5,7,9-10,13H,2-3,6,8H2,1H3,(H,23,24)/t10-,13-/m1/s1. The summed E-state index contributed by atoms with van der Waals surface area (Å²) < 4.78 is 14.8. The number of hydrogen-bond acceptors (Lipinski definition) is 4. The summed E-state index contributed by atoms with van der Waals surface area (Å²) >= 11 is 5.79. The third-order valence-corrected chi connectivity index (χ3v) is 4.80. The summed E-state index contributed by atoms with van der Waals surface area (Å²) in [6, 6.07) is 4.29. The number of hydrogen-bond donors (Lipinski definition) is 1. The Morgan fingerprint density at radius 2 is 2.29 bits per heavy atom. The number of nitrogens with zero attached hydrogens (tertiary/aromatic N) is 4. The number of aromatic nitrogens is 3. The molecular formula is C16H18ClFN4O2. The highest BCUT2D eigenvalue weighted by atomic mass is 35.5. The molecular weight excluding hydrogens is 335 g/mol. The second-order valence-electron chi connectivity index (χ2n) is 6.05. The molecule has 1 aliphatic heterocycles. The van der Waals surface area contributed by atoms with Gasteiger partial charge in [-0.2, -0.15) is 0 Å². The van der Waals surface area contributed by atoms with Crippen molar-refractivity contribution >= 4 is 17.6 Å². The summed E-state index contributed by atoms with van der Waals surface area (Å²) in [6.45, 7) is 3.29. The monoisotopic (exact) mass is 352 g/mol. The average Bonchev–Trinajstić information content (AvgIpc) is 3.00. The van der Waals surface area contributed by atoms with Gasteiger partial charge in [-0.1, -0.05) is 16.8 Å². The quantitative estimate of drug-likeness (QED) is 0.916. The Balaban J connectivity index is 1.74. The highest BCUT2D eigenvalue weighted by Crippen LogP contribution is 2.25. The van der Waals surface area contributed by atoms with Crippen LogP contribution >= 0.6 is 11.6 Å². The van der Waals surface area contributed by atoms with Crippen molar-refractivity contribution in [1.82, 2.24) is 19.9 Å². The molecule has 2 heterocycles. The minimum Gasteiger partial charge on any atom is -0.481 e. The van der Waals surface area contributed by atoms with Crippen molar-refractivity contribution in [2.24, 2.45) is 5.92 Å². The van der Waals surface area contributed by atoms with Crippen molar-refractivity contribution in [3.05, 3.63) is 40.9 Å². The third-order valence-electron chi connectivity index (χ3n) is 4.51. The molecule has 1 saturated heterocycles. The lowest BCUT2D eigenvalue weighted by Crippen LogP contribution is -2.45. The molecule has 1 fully saturated rings. The van der Waals surface area contributed by atoms with E-state index in [1.54, 1.807) is 12.3 Å². The number of halogens is 2. The van der Waals surface area contributed by atoms with E-state index in [1.165, 1.54) is 16.8 Å². The van der Waals surface area contributed by atoms with Crippen molar-refractivity contribution in [2.45, 2.75) is 32.4 Å². The molecule has 1 aromatic heterocycles. The lowest BCUT2D eigenvalue weighted by Gasteiger charge is -2.36. The van der Waals surface area contributed by atoms with Gasteiger partial charge < -0.3 is 5.11 Å². The molecule has 8 heteroatoms. The molecule has 24 heavy (non-hydrogen) atoms. The summed E-state index contributed by atoms with van der Waals surface area (Å²) in [6.07, 6.45) is 3.30. The van der Waals surface area contributed by atoms with Crippen molar-refractivity contribution in [3.8, 4) is 5.69 Å². The predicted octanol–water partition coefficient (Wildman–Crippen LogP) is 2.74. The Labute approximate surface area is 143 Å². The van der Waals surface area contributed by atoms with E-state index in [-0.39, 0.29) is 17.0 Å². The fourth-order valence-electron chi connectivity index (χ4n) is 3.10. The number of piperidine rings is 1. The van der Waals surface area contributed by atoms with Gasteiger partial charge in [0, 0.05) is 12.6 Å². The van der Waals surface area contributed by atoms with Gasteiger partial charge in [-0.25, -0.2) is 9.07 Å². The van der Waals surface area contributed by atoms with Crippen LogP contribution in [0.15, 0.2) is 24.4 Å². The highest BCUT2D eigenvalue weighted by Gasteiger charge is 2.33. The zero-order valence-corrected chi connectivity index (χ0v) is 13.9. The van der Waals surface area contributed by atoms with Crippen LogP contribution in [-0.4, -0.2) is 43.6 Å². The van der Waals surface area contributed by atoms with Gasteiger partial charge in [-0.15, -0.1) is 5.10 Å². The first-order valence-electron chi connectivity index (χ1n) is 7.79. The van der Waals surface area contributed by atoms with Crippen LogP contribution in [0.5, 0.6) is 0 Å². The lowest BCUT2D eigenvalue weighted by atomic mass is 9.90. The van der Waals surface area contributed by atoms with Crippen LogP contribution in [0.4, 0.5) is 4.39 Å². The highest BCUT2D eigenvalue weighted by molar-refractivity contribution is 6.30. The Kier molecular flexibility index (Phi) is 4.82. The van der Waals surface area contributed by atoms with Gasteiger partial charge in [-0.05, 0) is 44.5 Å². The van der Waals surface area contributed by atoms with E-state index in [0.717, 1.165) is 18.7 Å². The minimum atomic E-state index is -0.753. The normalized spacial score (nSPS) is 21.8. The van der Waals surface area contributed by atoms with Crippen LogP contribution in [0.2, 0.25) is 5.02 Å². The Hall–Kier alpha value is -1.99. The van der Waals surface area contributed by atoms with Crippen molar-refractivity contribution in [2.75, 3.05) is 6.54 Å². The van der Waals surface area contributed by atoms with Crippen LogP contribution in [0.1, 0.15) is 25.5 Å². The van der Waals surface area contributed by atoms with E-state index in [0.29, 0.717) is 18.7 Å². The Morgan fingerprint density at radius 1 is 1.50 bits per heavy atom. The summed E-state index contributed by atoms with van der Waals surface area (Å²) in [5.41, 5.74) is 1.35. The zero-order valence-electron chi connectivity index (χ0n) is 13.2. The number of carboxylic acid groups (broad SMARTS) is 1. The molecule has 0 unspecified atom stereocenters. The van der Waals surface area contributed by atoms with Gasteiger partial charge in [0.05, 0.1) is 28.5 Å². The van der Waals surface area contributed by atoms with Gasteiger partial charge in [0.25, 0.3) is 0 Å². The molecule has 1 aliphatic rings. The molecule has 6 nitrogen and oxygen atoms in total. The van der Waals surface area contributed by atoms with E-state index < -0.39 is 11.8 Å². The van der Waals surface area contributed by atoms with E-state index in [1.807, 2.05) is 6.92 Å². The zero-order chi connectivity index (χ0) is 17.3. The van der Waals surface area contributed by atoms with Gasteiger partial charge in [0.1, 0.15) is 5.82 Å². The number of rotatable bonds is 4. The molecule has 0 radical (unpaired) electrons. The average molecular weight is 353 g/mol. The van der Waals surface area contributed by atoms with Crippen molar-refractivity contribution in [3.63, 3.8) is 0 Å². The van der Waals surface area contributed by atoms with Gasteiger partial charge in [-0.3, -0.25) is 9.69 Å². The maximum Gasteiger partial charge on any atom is 0.308 e. The predicted molar refractivity (Wildman–Crippen MR) is 86.6 cm³/mol. The number of likely N-dealkylation sites (tertiary alicyclic amines) is 1. The maximum absolute atomic E-state index is 13.2. The van der Waals surface area contributed by atoms with Crippen LogP contribution in [0, 0.1) is 11.7 Å². The molecule has 0 aliphatic carbocycles. The minimum absolute atomic E-state index is 0.0264. The molecule has 128 valence electrons. The third kappa shape index (κ3) is 3.42. The van der Waals surface area contributed by atoms with Gasteiger partial charge in [0.15, 0.2) is 0 Å². The summed E-state index contributed by atoms with van der Waals surface area (Å²) in [5, 5.41) is 17.5. The number of benzene rings is 1. The summed E-state index contributed by atoms with van der Waals surface area (Å²) in [7, 11) is 0. The first-order chi connectivity index (χ1) is 11.5. The van der Waals surface area contributed by atoms with E-state index in [2.05, 4.69) is 15.2 Å². The van der Waals surface area contributed by atoms with Crippen LogP contribution in [-0.2, 0) is 11.3 Å². The van der Waals surface area contributed by atoms with Crippen LogP contribution < -0.4 is 0 Å². The molecule has 1 aromatic carbocycles. The first-order valence-corrected chi connectivity index (χ1v) is 8.17. The molecule has 2 atom stereocenters. The number of carboxylic acids is 1. The van der Waals surface area contributed by atoms with Crippen LogP contribution in [0.25, 0.3) is 5.69 Å². The molecule has 0 saturated carbocycles. The largest absolute Gasteiger partial charge is 0.481 e. The van der Waals surface area contributed by atoms with E-state index in [4.69, 9.17) is 11.6 Å². The molecule has 0 spiro atoms. The van der Waals surface area contributed by atoms with E-state index >= 15 is 0 Å². The van der Waals surface area contributed by atoms with E-state index in [9.17, 15) is 14.3 Å². The second kappa shape index (κ2) is 6.86. The Morgan fingerprint density at radius 3 is 3.00 bits per heavy atom. The molecule has 2 aromatic rings. The summed E-state index contributed by atoms with van der Waals surface area (Å²) in [5.74, 6) is -1.59. The van der Waals surface area contributed by atoms with Crippen molar-refractivity contribution < 1.29 is 14.3 Å². The number of aliphatic carboxylic acids is 1. The molecule has 0 amide bonds. The summed E-state index contributed by atoms with van der Waals surface area (Å²) in [4.78, 5) is 13.4. The smallest absolute Gasteiger partial charge is 0.308 e. The fraction of sp³-hybridized carbons (Fsp3) is 0.438. The maximum atomic E-state index is 13.2. The molecule has 1 N–H and O–H groups in total. The second-order valence-corrected chi connectivity index (χ2v) is 6.46. The van der Waals surface area contributed by atoms with Gasteiger partial charge >= 0.3 is 5.97 Å². The fourth-order valence-corrected chi connectivity index (χ4v) is 3.27. The van der Waals surface area contributed by atoms with Gasteiger partial charge in [0.2, 0.25) is 0 Å². The molecule has 3 rings (SSSR count). The topological polar surface area (TPSA) is 71.2 Å². The van der Waals surface area contributed by atoms with Crippen molar-refractivity contribution in [1.29, 1.82) is 0 Å². The lowest BCUT2D eigenvalue weighted by molar-refractivity contribution is -0.145. The SMILES string of the molecule is C[C@@H]1[C@H](C(=O)O)CCCN1Cc1cn(-c2ccc(F)c(Cl)c2)nn1. The van der Waals surface area contributed by atoms with Crippen LogP contribution in [0.3, 0.4) is 0 Å². The molecule has 0 bridgehead atoms. The Bertz CT molecular complexity index is 751. The number of carbonyl (C=O) groups is 1. The first kappa shape index (κ1) is 16.9.